The topological polar surface area (TPSA) is 0 Å². The van der Waals surface area contributed by atoms with Crippen LogP contribution in [0.15, 0.2) is 0 Å². The lowest BCUT2D eigenvalue weighted by Gasteiger charge is -2.27. The summed E-state index contributed by atoms with van der Waals surface area (Å²) in [5.41, 5.74) is 1.98. The van der Waals surface area contributed by atoms with E-state index in [-0.39, 0.29) is 0 Å². The average molecular weight is 262 g/mol. The van der Waals surface area contributed by atoms with Crippen molar-refractivity contribution in [3.8, 4) is 0 Å². The fourth-order valence-corrected chi connectivity index (χ4v) is 8.00. The maximum absolute atomic E-state index is 2.46. The van der Waals surface area contributed by atoms with E-state index in [0.717, 1.165) is 11.3 Å². The second-order valence-corrected chi connectivity index (χ2v) is 11.0. The van der Waals surface area contributed by atoms with Crippen LogP contribution in [-0.2, 0) is 0 Å². The van der Waals surface area contributed by atoms with Crippen molar-refractivity contribution in [3.63, 3.8) is 0 Å². The first kappa shape index (κ1) is 16.9. The molecular weight excluding hydrogens is 230 g/mol. The fraction of sp³-hybridized carbons (Fsp3) is 1.00. The molecule has 0 heterocycles. The Morgan fingerprint density at radius 3 is 1.19 bits per heavy atom. The smallest absolute Gasteiger partial charge is 0.0240 e. The van der Waals surface area contributed by atoms with Gasteiger partial charge in [0.1, 0.15) is 0 Å². The lowest BCUT2D eigenvalue weighted by atomic mass is 10.4. The molecule has 0 aromatic rings. The normalized spacial score (nSPS) is 19.1. The highest BCUT2D eigenvalue weighted by Crippen LogP contribution is 2.49. The first-order chi connectivity index (χ1) is 7.60. The van der Waals surface area contributed by atoms with Gasteiger partial charge in [0.25, 0.3) is 0 Å². The molecule has 0 rings (SSSR count). The maximum Gasteiger partial charge on any atom is -0.0240 e. The summed E-state index contributed by atoms with van der Waals surface area (Å²) in [6, 6.07) is 0. The summed E-state index contributed by atoms with van der Waals surface area (Å²) in [6.07, 6.45) is 8.74. The van der Waals surface area contributed by atoms with Crippen LogP contribution < -0.4 is 0 Å². The van der Waals surface area contributed by atoms with Gasteiger partial charge in [-0.2, -0.15) is 0 Å². The molecule has 0 aliphatic rings. The molecule has 0 aromatic heterocycles. The zero-order valence-corrected chi connectivity index (χ0v) is 14.1. The number of hydrogen-bond acceptors (Lipinski definition) is 0. The van der Waals surface area contributed by atoms with Crippen LogP contribution >= 0.6 is 15.8 Å². The minimum absolute atomic E-state index is 0.328. The minimum Gasteiger partial charge on any atom is -0.104 e. The maximum atomic E-state index is 2.46. The summed E-state index contributed by atoms with van der Waals surface area (Å²) < 4.78 is 0. The highest BCUT2D eigenvalue weighted by atomic mass is 31.1. The van der Waals surface area contributed by atoms with Crippen LogP contribution in [0.3, 0.4) is 0 Å². The van der Waals surface area contributed by atoms with E-state index in [1.165, 1.54) is 25.2 Å². The third-order valence-corrected chi connectivity index (χ3v) is 10.7. The van der Waals surface area contributed by atoms with Crippen molar-refractivity contribution in [2.45, 2.75) is 65.7 Å². The van der Waals surface area contributed by atoms with E-state index in [1.54, 1.807) is 12.3 Å². The fourth-order valence-electron chi connectivity index (χ4n) is 2.15. The summed E-state index contributed by atoms with van der Waals surface area (Å²) in [6.45, 7) is 14.4. The summed E-state index contributed by atoms with van der Waals surface area (Å²) in [5.74, 6) is 0. The Kier molecular flexibility index (Phi) is 10.4. The molecule has 4 unspecified atom stereocenters. The highest BCUT2D eigenvalue weighted by molar-refractivity contribution is 7.62. The average Bonchev–Trinajstić information content (AvgIpc) is 2.33. The van der Waals surface area contributed by atoms with Gasteiger partial charge < -0.3 is 0 Å². The molecule has 0 nitrogen and oxygen atoms in total. The Labute approximate surface area is 106 Å². The molecule has 0 spiro atoms. The molecule has 2 heteroatoms. The first-order valence-corrected chi connectivity index (χ1v) is 10.6. The first-order valence-electron chi connectivity index (χ1n) is 7.08. The Bertz CT molecular complexity index is 141. The van der Waals surface area contributed by atoms with Crippen molar-refractivity contribution in [1.29, 1.82) is 0 Å². The van der Waals surface area contributed by atoms with Crippen molar-refractivity contribution in [3.05, 3.63) is 0 Å². The van der Waals surface area contributed by atoms with E-state index in [2.05, 4.69) is 41.5 Å². The van der Waals surface area contributed by atoms with Gasteiger partial charge in [-0.3, -0.25) is 0 Å². The van der Waals surface area contributed by atoms with Crippen molar-refractivity contribution < 1.29 is 0 Å². The predicted molar refractivity (Wildman–Crippen MR) is 84.2 cm³/mol. The number of rotatable bonds is 9. The molecule has 0 N–H and O–H groups in total. The quantitative estimate of drug-likeness (QED) is 0.475. The van der Waals surface area contributed by atoms with E-state index in [1.807, 2.05) is 0 Å². The zero-order chi connectivity index (χ0) is 12.6. The Balaban J connectivity index is 4.07. The Hall–Kier alpha value is 0.860. The monoisotopic (exact) mass is 262 g/mol. The van der Waals surface area contributed by atoms with Crippen LogP contribution in [-0.4, -0.2) is 36.0 Å². The summed E-state index contributed by atoms with van der Waals surface area (Å²) >= 11 is 0. The molecule has 4 atom stereocenters. The lowest BCUT2D eigenvalue weighted by molar-refractivity contribution is 0.880. The van der Waals surface area contributed by atoms with Crippen molar-refractivity contribution in [2.75, 3.05) is 24.6 Å². The Morgan fingerprint density at radius 1 is 0.688 bits per heavy atom. The third kappa shape index (κ3) is 5.97. The van der Waals surface area contributed by atoms with Crippen LogP contribution in [0.4, 0.5) is 0 Å². The SMILES string of the molecule is CCC(C)P(CC)CCP(CC)C(C)CC. The second-order valence-electron chi connectivity index (χ2n) is 4.77. The lowest BCUT2D eigenvalue weighted by Crippen LogP contribution is -2.09. The van der Waals surface area contributed by atoms with Gasteiger partial charge in [-0.05, 0) is 48.8 Å². The van der Waals surface area contributed by atoms with Crippen LogP contribution in [0, 0.1) is 0 Å². The van der Waals surface area contributed by atoms with Crippen LogP contribution in [0.1, 0.15) is 54.4 Å². The van der Waals surface area contributed by atoms with E-state index >= 15 is 0 Å². The van der Waals surface area contributed by atoms with Crippen LogP contribution in [0.25, 0.3) is 0 Å². The molecule has 0 aliphatic carbocycles. The summed E-state index contributed by atoms with van der Waals surface area (Å²) in [4.78, 5) is 0. The van der Waals surface area contributed by atoms with E-state index in [4.69, 9.17) is 0 Å². The molecule has 0 saturated carbocycles. The largest absolute Gasteiger partial charge is 0.104 e. The molecule has 0 bridgehead atoms. The van der Waals surface area contributed by atoms with Gasteiger partial charge in [0.05, 0.1) is 0 Å². The zero-order valence-electron chi connectivity index (χ0n) is 12.3. The molecule has 0 fully saturated rings. The van der Waals surface area contributed by atoms with Gasteiger partial charge in [0.15, 0.2) is 0 Å². The van der Waals surface area contributed by atoms with E-state index in [0.29, 0.717) is 15.8 Å². The molecule has 0 saturated heterocycles. The second kappa shape index (κ2) is 9.85. The summed E-state index contributed by atoms with van der Waals surface area (Å²) in [7, 11) is 0.657. The van der Waals surface area contributed by atoms with Gasteiger partial charge >= 0.3 is 0 Å². The third-order valence-electron chi connectivity index (χ3n) is 3.92. The van der Waals surface area contributed by atoms with Crippen LogP contribution in [0.2, 0.25) is 0 Å². The van der Waals surface area contributed by atoms with Crippen molar-refractivity contribution in [2.24, 2.45) is 0 Å². The van der Waals surface area contributed by atoms with E-state index < -0.39 is 0 Å². The molecule has 98 valence electrons. The van der Waals surface area contributed by atoms with Gasteiger partial charge in [0, 0.05) is 0 Å². The van der Waals surface area contributed by atoms with Gasteiger partial charge in [-0.25, -0.2) is 0 Å². The predicted octanol–water partition coefficient (Wildman–Crippen LogP) is 5.59. The standard InChI is InChI=1S/C14H32P2/c1-7-13(5)15(9-3)11-12-16(10-4)14(6)8-2/h13-14H,7-12H2,1-6H3. The summed E-state index contributed by atoms with van der Waals surface area (Å²) in [5, 5.41) is 0. The highest BCUT2D eigenvalue weighted by Gasteiger charge is 2.17. The molecule has 0 radical (unpaired) electrons. The van der Waals surface area contributed by atoms with Gasteiger partial charge in [-0.15, -0.1) is 15.8 Å². The molecule has 0 amide bonds. The van der Waals surface area contributed by atoms with Gasteiger partial charge in [0.2, 0.25) is 0 Å². The minimum atomic E-state index is 0.328. The van der Waals surface area contributed by atoms with Gasteiger partial charge in [-0.1, -0.05) is 41.5 Å². The van der Waals surface area contributed by atoms with Crippen LogP contribution in [0.5, 0.6) is 0 Å². The molecular formula is C14H32P2. The van der Waals surface area contributed by atoms with Crippen molar-refractivity contribution in [1.82, 2.24) is 0 Å². The molecule has 16 heavy (non-hydrogen) atoms. The van der Waals surface area contributed by atoms with E-state index in [9.17, 15) is 0 Å². The Morgan fingerprint density at radius 2 is 1.00 bits per heavy atom. The molecule has 0 aliphatic heterocycles. The molecule has 0 aromatic carbocycles. The van der Waals surface area contributed by atoms with Crippen molar-refractivity contribution >= 4 is 15.8 Å². The number of hydrogen-bond donors (Lipinski definition) is 0.